The van der Waals surface area contributed by atoms with Crippen LogP contribution in [-0.2, 0) is 6.42 Å². The summed E-state index contributed by atoms with van der Waals surface area (Å²) in [4.78, 5) is 20.9. The molecule has 1 aromatic heterocycles. The molecule has 4 rings (SSSR count). The van der Waals surface area contributed by atoms with E-state index in [9.17, 15) is 4.79 Å². The maximum absolute atomic E-state index is 12.3. The van der Waals surface area contributed by atoms with Gasteiger partial charge < -0.3 is 10.1 Å². The molecule has 0 saturated heterocycles. The third-order valence-corrected chi connectivity index (χ3v) is 4.84. The molecule has 1 amide bonds. The van der Waals surface area contributed by atoms with Gasteiger partial charge >= 0.3 is 0 Å². The minimum absolute atomic E-state index is 0.153. The Kier molecular flexibility index (Phi) is 4.01. The van der Waals surface area contributed by atoms with Crippen LogP contribution in [0.2, 0.25) is 5.02 Å². The molecule has 0 fully saturated rings. The lowest BCUT2D eigenvalue weighted by molar-refractivity contribution is 0.0957. The highest BCUT2D eigenvalue weighted by Crippen LogP contribution is 2.36. The largest absolute Gasteiger partial charge is 0.489 e. The van der Waals surface area contributed by atoms with Gasteiger partial charge in [0.1, 0.15) is 6.61 Å². The summed E-state index contributed by atoms with van der Waals surface area (Å²) >= 11 is 6.49. The Morgan fingerprint density at radius 3 is 2.84 bits per heavy atom. The summed E-state index contributed by atoms with van der Waals surface area (Å²) in [7, 11) is 0. The number of aromatic nitrogens is 2. The van der Waals surface area contributed by atoms with Crippen molar-refractivity contribution in [3.8, 4) is 5.75 Å². The number of nitrogens with zero attached hydrogens (tertiary/aromatic N) is 2. The second-order valence-corrected chi connectivity index (χ2v) is 6.39. The monoisotopic (exact) mass is 353 g/mol. The zero-order valence-corrected chi connectivity index (χ0v) is 14.4. The highest BCUT2D eigenvalue weighted by Gasteiger charge is 2.22. The predicted octanol–water partition coefficient (Wildman–Crippen LogP) is 3.30. The second kappa shape index (κ2) is 6.33. The molecule has 3 aromatic rings. The molecule has 1 aliphatic heterocycles. The normalized spacial score (nSPS) is 13.8. The Hall–Kier alpha value is -2.66. The summed E-state index contributed by atoms with van der Waals surface area (Å²) in [6.07, 6.45) is 4.01. The summed E-state index contributed by atoms with van der Waals surface area (Å²) in [6, 6.07) is 7.86. The number of rotatable bonds is 2. The van der Waals surface area contributed by atoms with E-state index in [1.807, 2.05) is 31.2 Å². The fourth-order valence-corrected chi connectivity index (χ4v) is 3.30. The van der Waals surface area contributed by atoms with E-state index in [4.69, 9.17) is 16.3 Å². The fourth-order valence-electron chi connectivity index (χ4n) is 3.02. The number of nitrogens with one attached hydrogen (secondary N) is 1. The van der Waals surface area contributed by atoms with Gasteiger partial charge in [0.15, 0.2) is 5.75 Å². The SMILES string of the molecule is Cc1c(Cc2ccc3nccnc3c2)cc2c(c1Cl)OCCNC2=O. The van der Waals surface area contributed by atoms with Crippen LogP contribution in [0.3, 0.4) is 0 Å². The first kappa shape index (κ1) is 15.8. The van der Waals surface area contributed by atoms with Crippen molar-refractivity contribution in [1.82, 2.24) is 15.3 Å². The molecule has 0 bridgehead atoms. The van der Waals surface area contributed by atoms with Crippen molar-refractivity contribution < 1.29 is 9.53 Å². The molecular formula is C19H16ClN3O2. The second-order valence-electron chi connectivity index (χ2n) is 6.01. The highest BCUT2D eigenvalue weighted by molar-refractivity contribution is 6.33. The van der Waals surface area contributed by atoms with E-state index >= 15 is 0 Å². The number of carbonyl (C=O) groups excluding carboxylic acids is 1. The van der Waals surface area contributed by atoms with E-state index in [1.165, 1.54) is 0 Å². The van der Waals surface area contributed by atoms with Crippen LogP contribution in [0.1, 0.15) is 27.0 Å². The van der Waals surface area contributed by atoms with Crippen LogP contribution in [0.25, 0.3) is 11.0 Å². The number of hydrogen-bond acceptors (Lipinski definition) is 4. The molecule has 0 radical (unpaired) electrons. The van der Waals surface area contributed by atoms with Crippen molar-refractivity contribution in [2.75, 3.05) is 13.2 Å². The molecule has 0 spiro atoms. The van der Waals surface area contributed by atoms with Gasteiger partial charge in [0, 0.05) is 12.4 Å². The van der Waals surface area contributed by atoms with Gasteiger partial charge in [-0.3, -0.25) is 14.8 Å². The molecule has 25 heavy (non-hydrogen) atoms. The van der Waals surface area contributed by atoms with Crippen molar-refractivity contribution in [3.63, 3.8) is 0 Å². The topological polar surface area (TPSA) is 64.1 Å². The lowest BCUT2D eigenvalue weighted by atomic mass is 9.97. The number of hydrogen-bond donors (Lipinski definition) is 1. The number of ether oxygens (including phenoxy) is 1. The molecule has 0 unspecified atom stereocenters. The van der Waals surface area contributed by atoms with Gasteiger partial charge in [0.2, 0.25) is 0 Å². The Morgan fingerprint density at radius 1 is 1.20 bits per heavy atom. The number of amides is 1. The average Bonchev–Trinajstić information content (AvgIpc) is 2.81. The Balaban J connectivity index is 1.77. The van der Waals surface area contributed by atoms with E-state index < -0.39 is 0 Å². The van der Waals surface area contributed by atoms with Gasteiger partial charge in [-0.1, -0.05) is 17.7 Å². The van der Waals surface area contributed by atoms with Crippen LogP contribution in [0, 0.1) is 6.92 Å². The van der Waals surface area contributed by atoms with Crippen LogP contribution in [-0.4, -0.2) is 29.0 Å². The van der Waals surface area contributed by atoms with E-state index in [2.05, 4.69) is 15.3 Å². The van der Waals surface area contributed by atoms with Crippen LogP contribution in [0.4, 0.5) is 0 Å². The van der Waals surface area contributed by atoms with Crippen molar-refractivity contribution in [2.45, 2.75) is 13.3 Å². The van der Waals surface area contributed by atoms with E-state index in [1.54, 1.807) is 12.4 Å². The minimum Gasteiger partial charge on any atom is -0.489 e. The maximum Gasteiger partial charge on any atom is 0.255 e. The first-order valence-electron chi connectivity index (χ1n) is 8.06. The average molecular weight is 354 g/mol. The molecule has 126 valence electrons. The van der Waals surface area contributed by atoms with Crippen LogP contribution in [0.5, 0.6) is 5.75 Å². The summed E-state index contributed by atoms with van der Waals surface area (Å²) < 4.78 is 5.66. The zero-order chi connectivity index (χ0) is 17.4. The molecule has 6 heteroatoms. The first-order valence-corrected chi connectivity index (χ1v) is 8.44. The van der Waals surface area contributed by atoms with Crippen molar-refractivity contribution >= 4 is 28.5 Å². The van der Waals surface area contributed by atoms with Crippen molar-refractivity contribution in [1.29, 1.82) is 0 Å². The molecular weight excluding hydrogens is 338 g/mol. The molecule has 2 heterocycles. The van der Waals surface area contributed by atoms with Crippen molar-refractivity contribution in [2.24, 2.45) is 0 Å². The van der Waals surface area contributed by atoms with Gasteiger partial charge in [0.05, 0.1) is 28.2 Å². The van der Waals surface area contributed by atoms with Crippen molar-refractivity contribution in [3.05, 3.63) is 63.9 Å². The summed E-state index contributed by atoms with van der Waals surface area (Å²) in [5.41, 5.74) is 5.20. The third-order valence-electron chi connectivity index (χ3n) is 4.38. The molecule has 2 aromatic carbocycles. The minimum atomic E-state index is -0.153. The number of benzene rings is 2. The molecule has 0 atom stereocenters. The lowest BCUT2D eigenvalue weighted by Crippen LogP contribution is -2.24. The number of fused-ring (bicyclic) bond motifs is 2. The highest BCUT2D eigenvalue weighted by atomic mass is 35.5. The van der Waals surface area contributed by atoms with Gasteiger partial charge in [-0.25, -0.2) is 0 Å². The van der Waals surface area contributed by atoms with E-state index in [-0.39, 0.29) is 5.91 Å². The summed E-state index contributed by atoms with van der Waals surface area (Å²) in [6.45, 7) is 2.84. The van der Waals surface area contributed by atoms with E-state index in [0.29, 0.717) is 35.9 Å². The smallest absolute Gasteiger partial charge is 0.255 e. The first-order chi connectivity index (χ1) is 12.1. The van der Waals surface area contributed by atoms with Crippen LogP contribution in [0.15, 0.2) is 36.7 Å². The summed E-state index contributed by atoms with van der Waals surface area (Å²) in [5.74, 6) is 0.322. The third kappa shape index (κ3) is 2.91. The Bertz CT molecular complexity index is 988. The van der Waals surface area contributed by atoms with Gasteiger partial charge in [-0.2, -0.15) is 0 Å². The lowest BCUT2D eigenvalue weighted by Gasteiger charge is -2.15. The molecule has 5 nitrogen and oxygen atoms in total. The van der Waals surface area contributed by atoms with Gasteiger partial charge in [-0.15, -0.1) is 0 Å². The van der Waals surface area contributed by atoms with E-state index in [0.717, 1.165) is 27.7 Å². The molecule has 1 N–H and O–H groups in total. The fraction of sp³-hybridized carbons (Fsp3) is 0.211. The number of carbonyl (C=O) groups is 1. The van der Waals surface area contributed by atoms with Gasteiger partial charge in [0.25, 0.3) is 5.91 Å². The zero-order valence-electron chi connectivity index (χ0n) is 13.7. The quantitative estimate of drug-likeness (QED) is 0.767. The number of halogens is 1. The molecule has 0 saturated carbocycles. The van der Waals surface area contributed by atoms with Gasteiger partial charge in [-0.05, 0) is 48.2 Å². The molecule has 0 aliphatic carbocycles. The maximum atomic E-state index is 12.3. The Morgan fingerprint density at radius 2 is 2.00 bits per heavy atom. The summed E-state index contributed by atoms with van der Waals surface area (Å²) in [5, 5.41) is 3.33. The Labute approximate surface area is 150 Å². The van der Waals surface area contributed by atoms with Crippen LogP contribution >= 0.6 is 11.6 Å². The molecule has 1 aliphatic rings. The standard InChI is InChI=1S/C19H16ClN3O2/c1-11-13(8-12-2-3-15-16(9-12)22-5-4-21-15)10-14-18(17(11)20)25-7-6-23-19(14)24/h2-5,9-10H,6-8H2,1H3,(H,23,24). The predicted molar refractivity (Wildman–Crippen MR) is 96.4 cm³/mol. The van der Waals surface area contributed by atoms with Crippen LogP contribution < -0.4 is 10.1 Å².